The van der Waals surface area contributed by atoms with Gasteiger partial charge in [-0.05, 0) is 50.6 Å². The summed E-state index contributed by atoms with van der Waals surface area (Å²) >= 11 is 7.39. The van der Waals surface area contributed by atoms with Crippen LogP contribution in [0, 0.1) is 0 Å². The van der Waals surface area contributed by atoms with Crippen LogP contribution in [0.25, 0.3) is 0 Å². The van der Waals surface area contributed by atoms with E-state index in [1.807, 2.05) is 49.9 Å². The molecule has 6 nitrogen and oxygen atoms in total. The lowest BCUT2D eigenvalue weighted by atomic mass is 10.1. The first-order chi connectivity index (χ1) is 13.8. The van der Waals surface area contributed by atoms with Crippen molar-refractivity contribution in [2.45, 2.75) is 45.6 Å². The van der Waals surface area contributed by atoms with Crippen molar-refractivity contribution in [1.29, 1.82) is 0 Å². The van der Waals surface area contributed by atoms with E-state index in [0.29, 0.717) is 29.5 Å². The van der Waals surface area contributed by atoms with Crippen molar-refractivity contribution in [3.8, 4) is 0 Å². The zero-order valence-corrected chi connectivity index (χ0v) is 18.3. The van der Waals surface area contributed by atoms with Crippen LogP contribution in [-0.2, 0) is 11.3 Å². The van der Waals surface area contributed by atoms with E-state index in [0.717, 1.165) is 10.4 Å². The SMILES string of the molecule is CC1CN(C(=O)c2ccc(CNC(=O)NC(C)c3ccc(Cl)s3)cc2)CC(C)O1. The van der Waals surface area contributed by atoms with Crippen LogP contribution in [0.1, 0.15) is 47.6 Å². The summed E-state index contributed by atoms with van der Waals surface area (Å²) in [4.78, 5) is 27.7. The van der Waals surface area contributed by atoms with E-state index < -0.39 is 0 Å². The van der Waals surface area contributed by atoms with Gasteiger partial charge in [-0.15, -0.1) is 11.3 Å². The number of hydrogen-bond donors (Lipinski definition) is 2. The highest BCUT2D eigenvalue weighted by Gasteiger charge is 2.26. The summed E-state index contributed by atoms with van der Waals surface area (Å²) in [5.41, 5.74) is 1.56. The molecule has 0 radical (unpaired) electrons. The Kier molecular flexibility index (Phi) is 7.16. The molecule has 3 unspecified atom stereocenters. The van der Waals surface area contributed by atoms with Crippen LogP contribution < -0.4 is 10.6 Å². The van der Waals surface area contributed by atoms with Crippen molar-refractivity contribution < 1.29 is 14.3 Å². The molecule has 1 aromatic carbocycles. The van der Waals surface area contributed by atoms with Crippen LogP contribution in [-0.4, -0.2) is 42.1 Å². The van der Waals surface area contributed by atoms with E-state index in [2.05, 4.69) is 10.6 Å². The van der Waals surface area contributed by atoms with Gasteiger partial charge in [0.2, 0.25) is 0 Å². The van der Waals surface area contributed by atoms with Gasteiger partial charge < -0.3 is 20.3 Å². The number of thiophene rings is 1. The summed E-state index contributed by atoms with van der Waals surface area (Å²) in [6.07, 6.45) is 0.0783. The Morgan fingerprint density at radius 1 is 1.17 bits per heavy atom. The van der Waals surface area contributed by atoms with E-state index in [9.17, 15) is 9.59 Å². The third-order valence-corrected chi connectivity index (χ3v) is 6.14. The third kappa shape index (κ3) is 5.95. The minimum Gasteiger partial charge on any atom is -0.372 e. The molecule has 156 valence electrons. The lowest BCUT2D eigenvalue weighted by Gasteiger charge is -2.35. The number of rotatable bonds is 5. The molecule has 2 N–H and O–H groups in total. The summed E-state index contributed by atoms with van der Waals surface area (Å²) in [7, 11) is 0. The van der Waals surface area contributed by atoms with Gasteiger partial charge in [0.15, 0.2) is 0 Å². The number of carbonyl (C=O) groups excluding carboxylic acids is 2. The van der Waals surface area contributed by atoms with Crippen molar-refractivity contribution in [2.75, 3.05) is 13.1 Å². The first-order valence-corrected chi connectivity index (χ1v) is 10.8. The Balaban J connectivity index is 1.50. The minimum atomic E-state index is -0.251. The maximum Gasteiger partial charge on any atom is 0.315 e. The summed E-state index contributed by atoms with van der Waals surface area (Å²) < 4.78 is 6.39. The molecule has 2 aromatic rings. The van der Waals surface area contributed by atoms with Gasteiger partial charge in [-0.2, -0.15) is 0 Å². The molecule has 1 aliphatic rings. The molecule has 1 aliphatic heterocycles. The maximum absolute atomic E-state index is 12.7. The molecular formula is C21H26ClN3O3S. The fourth-order valence-electron chi connectivity index (χ4n) is 3.35. The number of carbonyl (C=O) groups is 2. The lowest BCUT2D eigenvalue weighted by molar-refractivity contribution is -0.0586. The molecule has 1 aromatic heterocycles. The highest BCUT2D eigenvalue weighted by Crippen LogP contribution is 2.26. The Hall–Kier alpha value is -2.09. The largest absolute Gasteiger partial charge is 0.372 e. The van der Waals surface area contributed by atoms with Gasteiger partial charge in [0.05, 0.1) is 22.6 Å². The molecule has 8 heteroatoms. The highest BCUT2D eigenvalue weighted by atomic mass is 35.5. The van der Waals surface area contributed by atoms with Gasteiger partial charge >= 0.3 is 6.03 Å². The molecule has 1 saturated heterocycles. The minimum absolute atomic E-state index is 0.00712. The zero-order valence-electron chi connectivity index (χ0n) is 16.8. The molecule has 3 rings (SSSR count). The first-order valence-electron chi connectivity index (χ1n) is 9.65. The number of amides is 3. The monoisotopic (exact) mass is 435 g/mol. The topological polar surface area (TPSA) is 70.7 Å². The van der Waals surface area contributed by atoms with Crippen LogP contribution >= 0.6 is 22.9 Å². The van der Waals surface area contributed by atoms with Gasteiger partial charge in [0, 0.05) is 30.1 Å². The van der Waals surface area contributed by atoms with Crippen molar-refractivity contribution in [3.63, 3.8) is 0 Å². The number of halogens is 1. The number of morpholine rings is 1. The summed E-state index contributed by atoms with van der Waals surface area (Å²) in [6.45, 7) is 7.44. The van der Waals surface area contributed by atoms with Crippen molar-refractivity contribution in [1.82, 2.24) is 15.5 Å². The second kappa shape index (κ2) is 9.61. The standard InChI is InChI=1S/C21H26ClN3O3S/c1-13-11-25(12-14(2)28-13)20(26)17-6-4-16(5-7-17)10-23-21(27)24-15(3)18-8-9-19(22)29-18/h4-9,13-15H,10-12H2,1-3H3,(H2,23,24,27). The van der Waals surface area contributed by atoms with E-state index in [1.54, 1.807) is 12.1 Å². The fraction of sp³-hybridized carbons (Fsp3) is 0.429. The molecule has 2 heterocycles. The van der Waals surface area contributed by atoms with E-state index in [4.69, 9.17) is 16.3 Å². The summed E-state index contributed by atoms with van der Waals surface area (Å²) in [5, 5.41) is 5.73. The van der Waals surface area contributed by atoms with E-state index in [-0.39, 0.29) is 30.2 Å². The van der Waals surface area contributed by atoms with Gasteiger partial charge in [-0.3, -0.25) is 4.79 Å². The van der Waals surface area contributed by atoms with Gasteiger partial charge in [-0.25, -0.2) is 4.79 Å². The van der Waals surface area contributed by atoms with Gasteiger partial charge in [0.25, 0.3) is 5.91 Å². The summed E-state index contributed by atoms with van der Waals surface area (Å²) in [5.74, 6) is 0.00712. The number of hydrogen-bond acceptors (Lipinski definition) is 4. The van der Waals surface area contributed by atoms with Crippen molar-refractivity contribution >= 4 is 34.9 Å². The fourth-order valence-corrected chi connectivity index (χ4v) is 4.42. The predicted molar refractivity (Wildman–Crippen MR) is 115 cm³/mol. The highest BCUT2D eigenvalue weighted by molar-refractivity contribution is 7.16. The van der Waals surface area contributed by atoms with Crippen molar-refractivity contribution in [2.24, 2.45) is 0 Å². The first kappa shape index (κ1) is 21.6. The molecular weight excluding hydrogens is 410 g/mol. The average Bonchev–Trinajstić information content (AvgIpc) is 3.12. The van der Waals surface area contributed by atoms with Gasteiger partial charge in [0.1, 0.15) is 0 Å². The molecule has 29 heavy (non-hydrogen) atoms. The Morgan fingerprint density at radius 2 is 1.83 bits per heavy atom. The zero-order chi connectivity index (χ0) is 21.0. The number of nitrogens with zero attached hydrogens (tertiary/aromatic N) is 1. The van der Waals surface area contributed by atoms with Gasteiger partial charge in [-0.1, -0.05) is 23.7 Å². The van der Waals surface area contributed by atoms with Crippen LogP contribution in [0.4, 0.5) is 4.79 Å². The van der Waals surface area contributed by atoms with Crippen LogP contribution in [0.2, 0.25) is 4.34 Å². The van der Waals surface area contributed by atoms with E-state index in [1.165, 1.54) is 11.3 Å². The van der Waals surface area contributed by atoms with E-state index >= 15 is 0 Å². The van der Waals surface area contributed by atoms with Crippen molar-refractivity contribution in [3.05, 3.63) is 56.7 Å². The number of benzene rings is 1. The predicted octanol–water partition coefficient (Wildman–Crippen LogP) is 4.21. The normalized spacial score (nSPS) is 20.2. The maximum atomic E-state index is 12.7. The quantitative estimate of drug-likeness (QED) is 0.738. The molecule has 0 saturated carbocycles. The molecule has 0 spiro atoms. The van der Waals surface area contributed by atoms with Crippen LogP contribution in [0.3, 0.4) is 0 Å². The summed E-state index contributed by atoms with van der Waals surface area (Å²) in [6, 6.07) is 10.7. The molecule has 1 fully saturated rings. The van der Waals surface area contributed by atoms with Crippen LogP contribution in [0.5, 0.6) is 0 Å². The molecule has 3 amide bonds. The second-order valence-electron chi connectivity index (χ2n) is 7.35. The average molecular weight is 436 g/mol. The third-order valence-electron chi connectivity index (χ3n) is 4.73. The number of urea groups is 1. The smallest absolute Gasteiger partial charge is 0.315 e. The Labute approximate surface area is 180 Å². The lowest BCUT2D eigenvalue weighted by Crippen LogP contribution is -2.48. The van der Waals surface area contributed by atoms with Crippen LogP contribution in [0.15, 0.2) is 36.4 Å². The Bertz CT molecular complexity index is 845. The molecule has 0 bridgehead atoms. The second-order valence-corrected chi connectivity index (χ2v) is 9.10. The molecule has 3 atom stereocenters. The Morgan fingerprint density at radius 3 is 2.41 bits per heavy atom. The molecule has 0 aliphatic carbocycles. The number of ether oxygens (including phenoxy) is 1. The number of nitrogens with one attached hydrogen (secondary N) is 2.